The molecule has 1 heterocycles. The van der Waals surface area contributed by atoms with Gasteiger partial charge in [-0.3, -0.25) is 9.78 Å². The second-order valence-electron chi connectivity index (χ2n) is 4.09. The first-order valence-corrected chi connectivity index (χ1v) is 5.80. The summed E-state index contributed by atoms with van der Waals surface area (Å²) in [6.07, 6.45) is 2.43. The third kappa shape index (κ3) is 3.11. The smallest absolute Gasteiger partial charge is 0.330 e. The molecule has 0 saturated carbocycles. The van der Waals surface area contributed by atoms with Gasteiger partial charge in [0.25, 0.3) is 5.91 Å². The lowest BCUT2D eigenvalue weighted by atomic mass is 10.1. The molecule has 2 rings (SSSR count). The molecule has 102 valence electrons. The van der Waals surface area contributed by atoms with Crippen LogP contribution in [0.5, 0.6) is 5.75 Å². The number of pyridine rings is 1. The van der Waals surface area contributed by atoms with Crippen molar-refractivity contribution in [1.29, 1.82) is 0 Å². The molecule has 0 radical (unpaired) electrons. The van der Waals surface area contributed by atoms with Crippen molar-refractivity contribution >= 4 is 11.9 Å². The summed E-state index contributed by atoms with van der Waals surface area (Å²) in [7, 11) is 0. The molecule has 0 aliphatic rings. The first kappa shape index (κ1) is 13.5. The number of carboxylic acid groups (broad SMARTS) is 1. The molecule has 0 spiro atoms. The standard InChI is InChI=1S/C14H12N2O4/c17-11-6-10(7-15-8-11)13(18)16-12(14(19)20)9-4-2-1-3-5-9/h1-8,12,17H,(H,16,18)(H,19,20)/t12-/m0/s1. The van der Waals surface area contributed by atoms with Gasteiger partial charge in [-0.15, -0.1) is 0 Å². The summed E-state index contributed by atoms with van der Waals surface area (Å²) in [4.78, 5) is 26.9. The van der Waals surface area contributed by atoms with E-state index >= 15 is 0 Å². The van der Waals surface area contributed by atoms with Gasteiger partial charge in [0.15, 0.2) is 6.04 Å². The summed E-state index contributed by atoms with van der Waals surface area (Å²) in [6, 6.07) is 8.40. The summed E-state index contributed by atoms with van der Waals surface area (Å²) in [6.45, 7) is 0. The van der Waals surface area contributed by atoms with E-state index in [1.54, 1.807) is 30.3 Å². The number of aliphatic carboxylic acids is 1. The summed E-state index contributed by atoms with van der Waals surface area (Å²) in [5.74, 6) is -1.95. The molecule has 1 amide bonds. The van der Waals surface area contributed by atoms with Crippen molar-refractivity contribution in [1.82, 2.24) is 10.3 Å². The van der Waals surface area contributed by atoms with Gasteiger partial charge < -0.3 is 15.5 Å². The van der Waals surface area contributed by atoms with Gasteiger partial charge >= 0.3 is 5.97 Å². The summed E-state index contributed by atoms with van der Waals surface area (Å²) >= 11 is 0. The number of aromatic hydroxyl groups is 1. The first-order valence-electron chi connectivity index (χ1n) is 5.80. The maximum absolute atomic E-state index is 12.0. The minimum Gasteiger partial charge on any atom is -0.506 e. The van der Waals surface area contributed by atoms with E-state index in [1.165, 1.54) is 18.5 Å². The van der Waals surface area contributed by atoms with Crippen LogP contribution in [0, 0.1) is 0 Å². The van der Waals surface area contributed by atoms with Crippen molar-refractivity contribution in [2.45, 2.75) is 6.04 Å². The van der Waals surface area contributed by atoms with Gasteiger partial charge in [-0.1, -0.05) is 30.3 Å². The minimum atomic E-state index is -1.17. The third-order valence-corrected chi connectivity index (χ3v) is 2.64. The van der Waals surface area contributed by atoms with Gasteiger partial charge in [0.1, 0.15) is 5.75 Å². The molecule has 0 aliphatic carbocycles. The molecule has 1 atom stereocenters. The molecule has 6 heteroatoms. The maximum atomic E-state index is 12.0. The number of carboxylic acids is 1. The molecule has 6 nitrogen and oxygen atoms in total. The number of carbonyl (C=O) groups is 2. The average Bonchev–Trinajstić information content (AvgIpc) is 2.45. The van der Waals surface area contributed by atoms with Crippen molar-refractivity contribution in [3.63, 3.8) is 0 Å². The Morgan fingerprint density at radius 2 is 1.85 bits per heavy atom. The number of aromatic nitrogens is 1. The number of benzene rings is 1. The van der Waals surface area contributed by atoms with Crippen LogP contribution in [-0.2, 0) is 4.79 Å². The lowest BCUT2D eigenvalue weighted by molar-refractivity contribution is -0.139. The van der Waals surface area contributed by atoms with Gasteiger partial charge in [0.05, 0.1) is 11.8 Å². The van der Waals surface area contributed by atoms with E-state index in [2.05, 4.69) is 10.3 Å². The van der Waals surface area contributed by atoms with E-state index in [9.17, 15) is 19.8 Å². The lowest BCUT2D eigenvalue weighted by Gasteiger charge is -2.14. The Hall–Kier alpha value is -2.89. The van der Waals surface area contributed by atoms with Crippen molar-refractivity contribution in [3.8, 4) is 5.75 Å². The monoisotopic (exact) mass is 272 g/mol. The van der Waals surface area contributed by atoms with Crippen LogP contribution in [0.3, 0.4) is 0 Å². The molecule has 0 unspecified atom stereocenters. The highest BCUT2D eigenvalue weighted by Crippen LogP contribution is 2.15. The highest BCUT2D eigenvalue weighted by molar-refractivity contribution is 5.96. The van der Waals surface area contributed by atoms with Crippen LogP contribution >= 0.6 is 0 Å². The zero-order valence-electron chi connectivity index (χ0n) is 10.4. The highest BCUT2D eigenvalue weighted by atomic mass is 16.4. The molecule has 0 fully saturated rings. The minimum absolute atomic E-state index is 0.0900. The topological polar surface area (TPSA) is 99.5 Å². The van der Waals surface area contributed by atoms with E-state index in [-0.39, 0.29) is 11.3 Å². The molecule has 0 saturated heterocycles. The summed E-state index contributed by atoms with van der Waals surface area (Å²) in [5.41, 5.74) is 0.550. The molecular formula is C14H12N2O4. The van der Waals surface area contributed by atoms with E-state index in [1.807, 2.05) is 0 Å². The SMILES string of the molecule is O=C(N[C@H](C(=O)O)c1ccccc1)c1cncc(O)c1. The van der Waals surface area contributed by atoms with Crippen molar-refractivity contribution in [2.75, 3.05) is 0 Å². The molecular weight excluding hydrogens is 260 g/mol. The van der Waals surface area contributed by atoms with Gasteiger partial charge in [0, 0.05) is 6.20 Å². The van der Waals surface area contributed by atoms with Gasteiger partial charge in [-0.25, -0.2) is 4.79 Å². The highest BCUT2D eigenvalue weighted by Gasteiger charge is 2.22. The van der Waals surface area contributed by atoms with Crippen LogP contribution < -0.4 is 5.32 Å². The van der Waals surface area contributed by atoms with E-state index in [4.69, 9.17) is 0 Å². The van der Waals surface area contributed by atoms with Crippen LogP contribution in [-0.4, -0.2) is 27.1 Å². The van der Waals surface area contributed by atoms with Crippen LogP contribution in [0.1, 0.15) is 22.0 Å². The number of nitrogens with zero attached hydrogens (tertiary/aromatic N) is 1. The third-order valence-electron chi connectivity index (χ3n) is 2.64. The second-order valence-corrected chi connectivity index (χ2v) is 4.09. The van der Waals surface area contributed by atoms with E-state index in [0.717, 1.165) is 0 Å². The number of hydrogen-bond acceptors (Lipinski definition) is 4. The van der Waals surface area contributed by atoms with E-state index < -0.39 is 17.9 Å². The fourth-order valence-corrected chi connectivity index (χ4v) is 1.70. The molecule has 0 bridgehead atoms. The van der Waals surface area contributed by atoms with Gasteiger partial charge in [-0.2, -0.15) is 0 Å². The Morgan fingerprint density at radius 3 is 2.45 bits per heavy atom. The Balaban J connectivity index is 2.21. The number of amides is 1. The van der Waals surface area contributed by atoms with Crippen molar-refractivity contribution in [3.05, 3.63) is 59.9 Å². The molecule has 1 aromatic carbocycles. The zero-order chi connectivity index (χ0) is 14.5. The Bertz CT molecular complexity index is 628. The Morgan fingerprint density at radius 1 is 1.15 bits per heavy atom. The molecule has 0 aliphatic heterocycles. The second kappa shape index (κ2) is 5.83. The quantitative estimate of drug-likeness (QED) is 0.780. The molecule has 1 aromatic heterocycles. The maximum Gasteiger partial charge on any atom is 0.330 e. The van der Waals surface area contributed by atoms with Gasteiger partial charge in [-0.05, 0) is 11.6 Å². The predicted molar refractivity (Wildman–Crippen MR) is 70.2 cm³/mol. The van der Waals surface area contributed by atoms with Crippen molar-refractivity contribution in [2.24, 2.45) is 0 Å². The summed E-state index contributed by atoms with van der Waals surface area (Å²) in [5, 5.41) is 20.8. The molecule has 20 heavy (non-hydrogen) atoms. The molecule has 3 N–H and O–H groups in total. The largest absolute Gasteiger partial charge is 0.506 e. The van der Waals surface area contributed by atoms with Crippen LogP contribution in [0.4, 0.5) is 0 Å². The van der Waals surface area contributed by atoms with E-state index in [0.29, 0.717) is 5.56 Å². The van der Waals surface area contributed by atoms with Crippen LogP contribution in [0.2, 0.25) is 0 Å². The zero-order valence-corrected chi connectivity index (χ0v) is 10.4. The number of rotatable bonds is 4. The first-order chi connectivity index (χ1) is 9.58. The Labute approximate surface area is 114 Å². The number of carbonyl (C=O) groups excluding carboxylic acids is 1. The lowest BCUT2D eigenvalue weighted by Crippen LogP contribution is -2.33. The average molecular weight is 272 g/mol. The number of hydrogen-bond donors (Lipinski definition) is 3. The Kier molecular flexibility index (Phi) is 3.95. The number of nitrogens with one attached hydrogen (secondary N) is 1. The molecule has 2 aromatic rings. The summed E-state index contributed by atoms with van der Waals surface area (Å²) < 4.78 is 0. The van der Waals surface area contributed by atoms with Crippen molar-refractivity contribution < 1.29 is 19.8 Å². The van der Waals surface area contributed by atoms with Crippen LogP contribution in [0.25, 0.3) is 0 Å². The fraction of sp³-hybridized carbons (Fsp3) is 0.0714. The normalized spacial score (nSPS) is 11.6. The fourth-order valence-electron chi connectivity index (χ4n) is 1.70. The van der Waals surface area contributed by atoms with Gasteiger partial charge in [0.2, 0.25) is 0 Å². The van der Waals surface area contributed by atoms with Crippen LogP contribution in [0.15, 0.2) is 48.8 Å². The predicted octanol–water partition coefficient (Wildman–Crippen LogP) is 1.34.